The molecular weight excluding hydrogens is 422 g/mol. The number of aromatic nitrogens is 3. The lowest BCUT2D eigenvalue weighted by atomic mass is 10.2. The van der Waals surface area contributed by atoms with Crippen LogP contribution in [0.3, 0.4) is 0 Å². The van der Waals surface area contributed by atoms with Gasteiger partial charge in [0, 0.05) is 36.2 Å². The maximum absolute atomic E-state index is 5.38. The first-order valence-electron chi connectivity index (χ1n) is 9.61. The number of methoxy groups -OCH3 is 1. The van der Waals surface area contributed by atoms with Gasteiger partial charge in [-0.05, 0) is 43.9 Å². The van der Waals surface area contributed by atoms with Crippen LogP contribution in [0.2, 0.25) is 0 Å². The molecule has 2 aliphatic heterocycles. The van der Waals surface area contributed by atoms with Gasteiger partial charge in [0.1, 0.15) is 5.75 Å². The van der Waals surface area contributed by atoms with E-state index in [0.717, 1.165) is 53.9 Å². The van der Waals surface area contributed by atoms with Crippen molar-refractivity contribution in [3.8, 4) is 5.75 Å². The zero-order valence-corrected chi connectivity index (χ0v) is 17.5. The topological polar surface area (TPSA) is 78.8 Å². The molecule has 0 bridgehead atoms. The summed E-state index contributed by atoms with van der Waals surface area (Å²) in [5.41, 5.74) is 3.83. The minimum atomic E-state index is 0.462. The van der Waals surface area contributed by atoms with Crippen molar-refractivity contribution in [2.24, 2.45) is 5.10 Å². The average Bonchev–Trinajstić information content (AvgIpc) is 3.42. The number of nitrogens with zero attached hydrogens (tertiary/aromatic N) is 6. The molecule has 2 aliphatic rings. The van der Waals surface area contributed by atoms with E-state index in [0.29, 0.717) is 5.95 Å². The first kappa shape index (κ1) is 18.9. The van der Waals surface area contributed by atoms with Crippen LogP contribution in [0.4, 0.5) is 17.8 Å². The number of ether oxygens (including phenoxy) is 1. The Kier molecular flexibility index (Phi) is 5.90. The molecule has 4 rings (SSSR count). The predicted molar refractivity (Wildman–Crippen MR) is 115 cm³/mol. The molecule has 3 heterocycles. The van der Waals surface area contributed by atoms with E-state index < -0.39 is 0 Å². The van der Waals surface area contributed by atoms with Crippen LogP contribution in [-0.2, 0) is 0 Å². The highest BCUT2D eigenvalue weighted by atomic mass is 79.9. The molecule has 0 spiro atoms. The van der Waals surface area contributed by atoms with Crippen LogP contribution in [0.15, 0.2) is 27.8 Å². The smallest absolute Gasteiger partial charge is 0.250 e. The van der Waals surface area contributed by atoms with Gasteiger partial charge in [0.05, 0.1) is 13.3 Å². The monoisotopic (exact) mass is 445 g/mol. The van der Waals surface area contributed by atoms with Crippen LogP contribution in [0.25, 0.3) is 0 Å². The van der Waals surface area contributed by atoms with E-state index in [1.54, 1.807) is 13.3 Å². The lowest BCUT2D eigenvalue weighted by Gasteiger charge is -2.20. The number of hydrogen-bond donors (Lipinski definition) is 1. The van der Waals surface area contributed by atoms with E-state index in [2.05, 4.69) is 46.2 Å². The molecule has 0 amide bonds. The Morgan fingerprint density at radius 3 is 2.18 bits per heavy atom. The molecular formula is C19H24BrN7O. The van der Waals surface area contributed by atoms with Crippen molar-refractivity contribution in [2.75, 3.05) is 48.5 Å². The number of anilines is 3. The van der Waals surface area contributed by atoms with Crippen LogP contribution >= 0.6 is 15.9 Å². The van der Waals surface area contributed by atoms with Gasteiger partial charge in [-0.3, -0.25) is 0 Å². The van der Waals surface area contributed by atoms with Crippen molar-refractivity contribution in [3.05, 3.63) is 28.2 Å². The minimum Gasteiger partial charge on any atom is -0.496 e. The fraction of sp³-hybridized carbons (Fsp3) is 0.474. The summed E-state index contributed by atoms with van der Waals surface area (Å²) in [6.45, 7) is 3.95. The zero-order valence-electron chi connectivity index (χ0n) is 15.9. The van der Waals surface area contributed by atoms with E-state index in [4.69, 9.17) is 9.72 Å². The summed E-state index contributed by atoms with van der Waals surface area (Å²) in [6, 6.07) is 5.77. The summed E-state index contributed by atoms with van der Waals surface area (Å²) in [7, 11) is 1.64. The Balaban J connectivity index is 1.57. The highest BCUT2D eigenvalue weighted by Gasteiger charge is 2.21. The third kappa shape index (κ3) is 4.35. The van der Waals surface area contributed by atoms with Gasteiger partial charge in [-0.2, -0.15) is 20.1 Å². The highest BCUT2D eigenvalue weighted by Crippen LogP contribution is 2.23. The molecule has 2 aromatic rings. The molecule has 0 radical (unpaired) electrons. The molecule has 148 valence electrons. The van der Waals surface area contributed by atoms with Crippen LogP contribution in [0.5, 0.6) is 5.75 Å². The maximum atomic E-state index is 5.38. The molecule has 28 heavy (non-hydrogen) atoms. The lowest BCUT2D eigenvalue weighted by Crippen LogP contribution is -2.25. The number of rotatable bonds is 6. The van der Waals surface area contributed by atoms with Gasteiger partial charge < -0.3 is 14.5 Å². The van der Waals surface area contributed by atoms with Crippen LogP contribution < -0.4 is 20.0 Å². The highest BCUT2D eigenvalue weighted by molar-refractivity contribution is 9.10. The molecule has 0 aliphatic carbocycles. The SMILES string of the molecule is COc1ccc(Br)cc1C=NNc1nc(N2CCCC2)nc(N2CCCC2)n1. The minimum absolute atomic E-state index is 0.462. The molecule has 9 heteroatoms. The fourth-order valence-electron chi connectivity index (χ4n) is 3.49. The Morgan fingerprint density at radius 1 is 1.00 bits per heavy atom. The standard InChI is InChI=1S/C19H24BrN7O/c1-28-16-7-6-15(20)12-14(16)13-21-25-17-22-18(26-8-2-3-9-26)24-19(23-17)27-10-4-5-11-27/h6-7,12-13H,2-5,8-11H2,1H3,(H,22,23,24,25). The number of halogens is 1. The van der Waals surface area contributed by atoms with Gasteiger partial charge in [-0.15, -0.1) is 0 Å². The van der Waals surface area contributed by atoms with E-state index in [-0.39, 0.29) is 0 Å². The number of benzene rings is 1. The Labute approximate surface area is 173 Å². The van der Waals surface area contributed by atoms with Crippen LogP contribution in [0.1, 0.15) is 31.2 Å². The van der Waals surface area contributed by atoms with E-state index >= 15 is 0 Å². The van der Waals surface area contributed by atoms with Crippen molar-refractivity contribution in [3.63, 3.8) is 0 Å². The molecule has 1 N–H and O–H groups in total. The molecule has 2 saturated heterocycles. The first-order chi connectivity index (χ1) is 13.7. The zero-order chi connectivity index (χ0) is 19.3. The Morgan fingerprint density at radius 2 is 1.61 bits per heavy atom. The number of hydrogen-bond acceptors (Lipinski definition) is 8. The van der Waals surface area contributed by atoms with Crippen molar-refractivity contribution in [2.45, 2.75) is 25.7 Å². The predicted octanol–water partition coefficient (Wildman–Crippen LogP) is 3.29. The molecule has 1 aromatic carbocycles. The van der Waals surface area contributed by atoms with E-state index in [9.17, 15) is 0 Å². The van der Waals surface area contributed by atoms with Crippen molar-refractivity contribution in [1.82, 2.24) is 15.0 Å². The van der Waals surface area contributed by atoms with Gasteiger partial charge in [0.15, 0.2) is 0 Å². The Hall–Kier alpha value is -2.42. The van der Waals surface area contributed by atoms with Gasteiger partial charge in [-0.1, -0.05) is 15.9 Å². The summed E-state index contributed by atoms with van der Waals surface area (Å²) in [4.78, 5) is 18.3. The van der Waals surface area contributed by atoms with Crippen molar-refractivity contribution in [1.29, 1.82) is 0 Å². The summed E-state index contributed by atoms with van der Waals surface area (Å²) < 4.78 is 6.34. The second-order valence-corrected chi connectivity index (χ2v) is 7.82. The summed E-state index contributed by atoms with van der Waals surface area (Å²) in [6.07, 6.45) is 6.41. The first-order valence-corrected chi connectivity index (χ1v) is 10.4. The molecule has 0 atom stereocenters. The van der Waals surface area contributed by atoms with Gasteiger partial charge >= 0.3 is 0 Å². The van der Waals surface area contributed by atoms with Gasteiger partial charge in [0.25, 0.3) is 0 Å². The van der Waals surface area contributed by atoms with Crippen LogP contribution in [-0.4, -0.2) is 54.5 Å². The third-order valence-corrected chi connectivity index (χ3v) is 5.44. The lowest BCUT2D eigenvalue weighted by molar-refractivity contribution is 0.414. The van der Waals surface area contributed by atoms with Gasteiger partial charge in [-0.25, -0.2) is 5.43 Å². The summed E-state index contributed by atoms with van der Waals surface area (Å²) in [5.74, 6) is 2.67. The fourth-order valence-corrected chi connectivity index (χ4v) is 3.87. The summed E-state index contributed by atoms with van der Waals surface area (Å²) in [5, 5.41) is 4.33. The van der Waals surface area contributed by atoms with Crippen LogP contribution in [0, 0.1) is 0 Å². The van der Waals surface area contributed by atoms with Gasteiger partial charge in [0.2, 0.25) is 17.8 Å². The maximum Gasteiger partial charge on any atom is 0.250 e. The van der Waals surface area contributed by atoms with Crippen molar-refractivity contribution >= 4 is 40.0 Å². The van der Waals surface area contributed by atoms with E-state index in [1.165, 1.54) is 25.7 Å². The Bertz CT molecular complexity index is 814. The average molecular weight is 446 g/mol. The normalized spacial score (nSPS) is 16.9. The third-order valence-electron chi connectivity index (χ3n) is 4.95. The second-order valence-electron chi connectivity index (χ2n) is 6.90. The molecule has 0 saturated carbocycles. The second kappa shape index (κ2) is 8.72. The number of hydrazone groups is 1. The van der Waals surface area contributed by atoms with E-state index in [1.807, 2.05) is 18.2 Å². The molecule has 8 nitrogen and oxygen atoms in total. The molecule has 1 aromatic heterocycles. The molecule has 2 fully saturated rings. The number of nitrogens with one attached hydrogen (secondary N) is 1. The van der Waals surface area contributed by atoms with Crippen molar-refractivity contribution < 1.29 is 4.74 Å². The summed E-state index contributed by atoms with van der Waals surface area (Å²) >= 11 is 3.48. The largest absolute Gasteiger partial charge is 0.496 e. The quantitative estimate of drug-likeness (QED) is 0.539. The molecule has 0 unspecified atom stereocenters.